The van der Waals surface area contributed by atoms with Crippen LogP contribution in [0.2, 0.25) is 0 Å². The third kappa shape index (κ3) is 0.988. The zero-order valence-electron chi connectivity index (χ0n) is 6.63. The second-order valence-electron chi connectivity index (χ2n) is 2.75. The van der Waals surface area contributed by atoms with Crippen LogP contribution in [-0.4, -0.2) is 9.55 Å². The topological polar surface area (TPSA) is 43.8 Å². The van der Waals surface area contributed by atoms with Crippen LogP contribution in [0.25, 0.3) is 0 Å². The van der Waals surface area contributed by atoms with E-state index in [4.69, 9.17) is 5.73 Å². The molecule has 1 heterocycles. The normalized spacial score (nSPS) is 10.8. The monoisotopic (exact) mass is 139 g/mol. The van der Waals surface area contributed by atoms with Crippen LogP contribution in [0.1, 0.15) is 25.6 Å². The van der Waals surface area contributed by atoms with Crippen LogP contribution in [0, 0.1) is 0 Å². The summed E-state index contributed by atoms with van der Waals surface area (Å²) in [5.74, 6) is 2.21. The molecule has 10 heavy (non-hydrogen) atoms. The number of nitrogens with two attached hydrogens (primary N) is 1. The van der Waals surface area contributed by atoms with Crippen molar-refractivity contribution in [3.05, 3.63) is 12.0 Å². The van der Waals surface area contributed by atoms with E-state index < -0.39 is 0 Å². The fraction of sp³-hybridized carbons (Fsp3) is 0.571. The molecule has 0 unspecified atom stereocenters. The molecule has 0 aliphatic carbocycles. The van der Waals surface area contributed by atoms with Crippen LogP contribution >= 0.6 is 0 Å². The zero-order chi connectivity index (χ0) is 7.72. The van der Waals surface area contributed by atoms with Gasteiger partial charge in [0.25, 0.3) is 0 Å². The summed E-state index contributed by atoms with van der Waals surface area (Å²) in [6.45, 7) is 4.20. The molecule has 0 aliphatic rings. The molecule has 0 bridgehead atoms. The summed E-state index contributed by atoms with van der Waals surface area (Å²) in [5.41, 5.74) is 5.58. The maximum absolute atomic E-state index is 5.58. The third-order valence-corrected chi connectivity index (χ3v) is 1.58. The molecule has 56 valence electrons. The Bertz CT molecular complexity index is 225. The van der Waals surface area contributed by atoms with Crippen molar-refractivity contribution in [1.29, 1.82) is 0 Å². The molecule has 1 rings (SSSR count). The second-order valence-corrected chi connectivity index (χ2v) is 2.75. The van der Waals surface area contributed by atoms with E-state index in [1.807, 2.05) is 11.6 Å². The predicted octanol–water partition coefficient (Wildman–Crippen LogP) is 1.13. The van der Waals surface area contributed by atoms with Gasteiger partial charge in [-0.05, 0) is 0 Å². The van der Waals surface area contributed by atoms with Gasteiger partial charge in [0.2, 0.25) is 0 Å². The standard InChI is InChI=1S/C7H13N3/c1-5(2)7-9-4-6(8)10(7)3/h4-5H,8H2,1-3H3. The van der Waals surface area contributed by atoms with Gasteiger partial charge in [0.05, 0.1) is 6.20 Å². The highest BCUT2D eigenvalue weighted by atomic mass is 15.1. The Hall–Kier alpha value is -0.990. The number of rotatable bonds is 1. The van der Waals surface area contributed by atoms with Gasteiger partial charge in [0, 0.05) is 13.0 Å². The van der Waals surface area contributed by atoms with Crippen LogP contribution in [0.3, 0.4) is 0 Å². The Labute approximate surface area is 60.9 Å². The van der Waals surface area contributed by atoms with Crippen LogP contribution in [0.5, 0.6) is 0 Å². The van der Waals surface area contributed by atoms with Crippen molar-refractivity contribution in [2.75, 3.05) is 5.73 Å². The minimum absolute atomic E-state index is 0.447. The first-order valence-corrected chi connectivity index (χ1v) is 3.40. The number of anilines is 1. The maximum Gasteiger partial charge on any atom is 0.123 e. The van der Waals surface area contributed by atoms with Gasteiger partial charge >= 0.3 is 0 Å². The van der Waals surface area contributed by atoms with Crippen LogP contribution < -0.4 is 5.73 Å². The first kappa shape index (κ1) is 7.12. The third-order valence-electron chi connectivity index (χ3n) is 1.58. The SMILES string of the molecule is CC(C)c1ncc(N)n1C. The maximum atomic E-state index is 5.58. The molecule has 0 aliphatic heterocycles. The summed E-state index contributed by atoms with van der Waals surface area (Å²) < 4.78 is 1.91. The van der Waals surface area contributed by atoms with E-state index in [9.17, 15) is 0 Å². The summed E-state index contributed by atoms with van der Waals surface area (Å²) in [7, 11) is 1.93. The molecule has 3 heteroatoms. The highest BCUT2D eigenvalue weighted by Gasteiger charge is 2.05. The number of imidazole rings is 1. The molecular formula is C7H13N3. The van der Waals surface area contributed by atoms with Gasteiger partial charge in [-0.2, -0.15) is 0 Å². The van der Waals surface area contributed by atoms with Gasteiger partial charge < -0.3 is 10.3 Å². The largest absolute Gasteiger partial charge is 0.384 e. The minimum Gasteiger partial charge on any atom is -0.384 e. The van der Waals surface area contributed by atoms with E-state index in [0.717, 1.165) is 11.6 Å². The summed E-state index contributed by atoms with van der Waals surface area (Å²) in [6.07, 6.45) is 1.69. The number of aromatic nitrogens is 2. The zero-order valence-corrected chi connectivity index (χ0v) is 6.63. The molecule has 0 aromatic carbocycles. The molecule has 2 N–H and O–H groups in total. The van der Waals surface area contributed by atoms with Crippen molar-refractivity contribution in [2.45, 2.75) is 19.8 Å². The molecule has 0 fully saturated rings. The van der Waals surface area contributed by atoms with Crippen molar-refractivity contribution in [1.82, 2.24) is 9.55 Å². The summed E-state index contributed by atoms with van der Waals surface area (Å²) in [6, 6.07) is 0. The highest BCUT2D eigenvalue weighted by molar-refractivity contribution is 5.28. The van der Waals surface area contributed by atoms with Crippen LogP contribution in [-0.2, 0) is 7.05 Å². The summed E-state index contributed by atoms with van der Waals surface area (Å²) in [4.78, 5) is 4.15. The molecular weight excluding hydrogens is 126 g/mol. The van der Waals surface area contributed by atoms with Crippen molar-refractivity contribution >= 4 is 5.82 Å². The molecule has 0 saturated heterocycles. The van der Waals surface area contributed by atoms with E-state index in [-0.39, 0.29) is 0 Å². The summed E-state index contributed by atoms with van der Waals surface area (Å²) >= 11 is 0. The average molecular weight is 139 g/mol. The van der Waals surface area contributed by atoms with Crippen molar-refractivity contribution in [3.63, 3.8) is 0 Å². The molecule has 0 spiro atoms. The first-order valence-electron chi connectivity index (χ1n) is 3.40. The molecule has 1 aromatic rings. The van der Waals surface area contributed by atoms with E-state index in [1.54, 1.807) is 6.20 Å². The smallest absolute Gasteiger partial charge is 0.123 e. The fourth-order valence-corrected chi connectivity index (χ4v) is 0.974. The van der Waals surface area contributed by atoms with Crippen molar-refractivity contribution < 1.29 is 0 Å². The van der Waals surface area contributed by atoms with Crippen LogP contribution in [0.4, 0.5) is 5.82 Å². The Kier molecular flexibility index (Phi) is 1.66. The van der Waals surface area contributed by atoms with Gasteiger partial charge in [-0.1, -0.05) is 13.8 Å². The molecule has 0 amide bonds. The number of nitrogen functional groups attached to an aromatic ring is 1. The second kappa shape index (κ2) is 2.33. The number of hydrogen-bond donors (Lipinski definition) is 1. The minimum atomic E-state index is 0.447. The molecule has 0 radical (unpaired) electrons. The van der Waals surface area contributed by atoms with Gasteiger partial charge in [0.1, 0.15) is 11.6 Å². The number of nitrogens with zero attached hydrogens (tertiary/aromatic N) is 2. The van der Waals surface area contributed by atoms with Gasteiger partial charge in [-0.3, -0.25) is 0 Å². The van der Waals surface area contributed by atoms with Gasteiger partial charge in [-0.25, -0.2) is 4.98 Å². The Morgan fingerprint density at radius 1 is 1.60 bits per heavy atom. The highest BCUT2D eigenvalue weighted by Crippen LogP contribution is 2.13. The molecule has 3 nitrogen and oxygen atoms in total. The van der Waals surface area contributed by atoms with E-state index >= 15 is 0 Å². The fourth-order valence-electron chi connectivity index (χ4n) is 0.974. The Balaban J connectivity index is 3.05. The molecule has 1 aromatic heterocycles. The van der Waals surface area contributed by atoms with E-state index in [0.29, 0.717) is 5.92 Å². The van der Waals surface area contributed by atoms with E-state index in [1.165, 1.54) is 0 Å². The van der Waals surface area contributed by atoms with Gasteiger partial charge in [0.15, 0.2) is 0 Å². The predicted molar refractivity (Wildman–Crippen MR) is 41.7 cm³/mol. The lowest BCUT2D eigenvalue weighted by Crippen LogP contribution is -2.02. The summed E-state index contributed by atoms with van der Waals surface area (Å²) in [5, 5.41) is 0. The molecule has 0 saturated carbocycles. The first-order chi connectivity index (χ1) is 4.63. The Morgan fingerprint density at radius 3 is 2.40 bits per heavy atom. The number of hydrogen-bond acceptors (Lipinski definition) is 2. The quantitative estimate of drug-likeness (QED) is 0.633. The average Bonchev–Trinajstić information content (AvgIpc) is 2.14. The van der Waals surface area contributed by atoms with Gasteiger partial charge in [-0.15, -0.1) is 0 Å². The lowest BCUT2D eigenvalue weighted by molar-refractivity contribution is 0.715. The van der Waals surface area contributed by atoms with Crippen molar-refractivity contribution in [2.24, 2.45) is 7.05 Å². The molecule has 0 atom stereocenters. The lowest BCUT2D eigenvalue weighted by atomic mass is 10.2. The van der Waals surface area contributed by atoms with Crippen molar-refractivity contribution in [3.8, 4) is 0 Å². The van der Waals surface area contributed by atoms with Crippen LogP contribution in [0.15, 0.2) is 6.20 Å². The lowest BCUT2D eigenvalue weighted by Gasteiger charge is -2.04. The van der Waals surface area contributed by atoms with E-state index in [2.05, 4.69) is 18.8 Å². The Morgan fingerprint density at radius 2 is 2.20 bits per heavy atom.